The summed E-state index contributed by atoms with van der Waals surface area (Å²) in [6.07, 6.45) is 3.35. The summed E-state index contributed by atoms with van der Waals surface area (Å²) in [4.78, 5) is 17.8. The molecular formula is C17H17FN2O3. The molecule has 1 fully saturated rings. The number of aromatic nitrogens is 1. The van der Waals surface area contributed by atoms with E-state index in [1.54, 1.807) is 12.4 Å². The van der Waals surface area contributed by atoms with E-state index >= 15 is 0 Å². The average molecular weight is 316 g/mol. The van der Waals surface area contributed by atoms with Crippen molar-refractivity contribution in [2.75, 3.05) is 13.1 Å². The Kier molecular flexibility index (Phi) is 4.25. The number of hydrogen-bond donors (Lipinski definition) is 2. The average Bonchev–Trinajstić information content (AvgIpc) is 2.91. The van der Waals surface area contributed by atoms with Crippen LogP contribution < -0.4 is 0 Å². The van der Waals surface area contributed by atoms with Gasteiger partial charge in [0.25, 0.3) is 5.91 Å². The summed E-state index contributed by atoms with van der Waals surface area (Å²) in [5.41, 5.74) is 0.953. The summed E-state index contributed by atoms with van der Waals surface area (Å²) in [6, 6.07) is 7.59. The van der Waals surface area contributed by atoms with Crippen LogP contribution in [0.4, 0.5) is 4.39 Å². The van der Waals surface area contributed by atoms with Crippen molar-refractivity contribution < 1.29 is 19.4 Å². The van der Waals surface area contributed by atoms with Crippen LogP contribution in [0, 0.1) is 11.7 Å². The summed E-state index contributed by atoms with van der Waals surface area (Å²) in [6.45, 7) is 0.531. The number of halogens is 1. The van der Waals surface area contributed by atoms with Gasteiger partial charge in [-0.15, -0.1) is 0 Å². The number of aromatic hydroxyl groups is 1. The minimum Gasteiger partial charge on any atom is -0.504 e. The van der Waals surface area contributed by atoms with Gasteiger partial charge in [0.15, 0.2) is 11.6 Å². The van der Waals surface area contributed by atoms with E-state index in [-0.39, 0.29) is 18.0 Å². The first-order chi connectivity index (χ1) is 11.1. The molecule has 0 bridgehead atoms. The lowest BCUT2D eigenvalue weighted by molar-refractivity contribution is 0.0760. The van der Waals surface area contributed by atoms with Gasteiger partial charge in [0.1, 0.15) is 0 Å². The van der Waals surface area contributed by atoms with Crippen molar-refractivity contribution in [1.82, 2.24) is 9.88 Å². The van der Waals surface area contributed by atoms with Crippen molar-refractivity contribution in [2.24, 2.45) is 5.92 Å². The first-order valence-corrected chi connectivity index (χ1v) is 7.40. The van der Waals surface area contributed by atoms with E-state index in [0.717, 1.165) is 11.6 Å². The second-order valence-corrected chi connectivity index (χ2v) is 5.73. The van der Waals surface area contributed by atoms with Crippen LogP contribution >= 0.6 is 0 Å². The Hall–Kier alpha value is -2.47. The van der Waals surface area contributed by atoms with Crippen LogP contribution in [0.1, 0.15) is 15.9 Å². The number of hydrogen-bond acceptors (Lipinski definition) is 4. The summed E-state index contributed by atoms with van der Waals surface area (Å²) < 4.78 is 13.4. The van der Waals surface area contributed by atoms with Crippen LogP contribution in [-0.2, 0) is 6.42 Å². The molecule has 2 atom stereocenters. The van der Waals surface area contributed by atoms with Crippen molar-refractivity contribution in [3.8, 4) is 5.75 Å². The van der Waals surface area contributed by atoms with Crippen molar-refractivity contribution >= 4 is 5.91 Å². The molecule has 0 radical (unpaired) electrons. The molecule has 120 valence electrons. The maximum atomic E-state index is 13.4. The number of phenols is 1. The monoisotopic (exact) mass is 316 g/mol. The molecule has 2 N–H and O–H groups in total. The number of β-amino-alcohol motifs (C(OH)–C–C–N with tert-alkyl or cyclic N) is 1. The SMILES string of the molecule is O=C(c1cccc(F)c1O)N1C[C@@H](Cc2ccncc2)[C@@H](O)C1. The quantitative estimate of drug-likeness (QED) is 0.902. The number of phenolic OH excluding ortho intramolecular Hbond substituents is 1. The zero-order valence-electron chi connectivity index (χ0n) is 12.4. The van der Waals surface area contributed by atoms with Crippen LogP contribution in [0.15, 0.2) is 42.7 Å². The summed E-state index contributed by atoms with van der Waals surface area (Å²) in [7, 11) is 0. The Labute approximate surface area is 133 Å². The standard InChI is InChI=1S/C17H17FN2O3/c18-14-3-1-2-13(16(14)22)17(23)20-9-12(15(21)10-20)8-11-4-6-19-7-5-11/h1-7,12,15,21-22H,8-10H2/t12-,15+/m1/s1. The number of para-hydroxylation sites is 1. The normalized spacial score (nSPS) is 20.7. The second kappa shape index (κ2) is 6.34. The molecule has 23 heavy (non-hydrogen) atoms. The highest BCUT2D eigenvalue weighted by Crippen LogP contribution is 2.27. The Morgan fingerprint density at radius 2 is 2.00 bits per heavy atom. The Morgan fingerprint density at radius 1 is 1.26 bits per heavy atom. The Morgan fingerprint density at radius 3 is 2.74 bits per heavy atom. The number of pyridine rings is 1. The molecular weight excluding hydrogens is 299 g/mol. The maximum Gasteiger partial charge on any atom is 0.257 e. The topological polar surface area (TPSA) is 73.7 Å². The van der Waals surface area contributed by atoms with Crippen LogP contribution in [0.25, 0.3) is 0 Å². The predicted octanol–water partition coefficient (Wildman–Crippen LogP) is 1.60. The lowest BCUT2D eigenvalue weighted by Crippen LogP contribution is -2.29. The number of aliphatic hydroxyl groups is 1. The lowest BCUT2D eigenvalue weighted by Gasteiger charge is -2.17. The largest absolute Gasteiger partial charge is 0.504 e. The van der Waals surface area contributed by atoms with E-state index in [2.05, 4.69) is 4.98 Å². The van der Waals surface area contributed by atoms with Gasteiger partial charge in [-0.25, -0.2) is 4.39 Å². The zero-order valence-corrected chi connectivity index (χ0v) is 12.4. The van der Waals surface area contributed by atoms with E-state index in [1.165, 1.54) is 17.0 Å². The van der Waals surface area contributed by atoms with Gasteiger partial charge in [0, 0.05) is 31.4 Å². The second-order valence-electron chi connectivity index (χ2n) is 5.73. The van der Waals surface area contributed by atoms with Gasteiger partial charge in [-0.1, -0.05) is 6.07 Å². The molecule has 2 heterocycles. The zero-order chi connectivity index (χ0) is 16.4. The molecule has 0 saturated carbocycles. The Bertz CT molecular complexity index is 708. The van der Waals surface area contributed by atoms with Crippen LogP contribution in [0.2, 0.25) is 0 Å². The van der Waals surface area contributed by atoms with Crippen LogP contribution in [0.5, 0.6) is 5.75 Å². The smallest absolute Gasteiger partial charge is 0.257 e. The number of rotatable bonds is 3. The van der Waals surface area contributed by atoms with Crippen LogP contribution in [-0.4, -0.2) is 45.2 Å². The number of carbonyl (C=O) groups excluding carboxylic acids is 1. The van der Waals surface area contributed by atoms with Crippen molar-refractivity contribution in [3.05, 3.63) is 59.7 Å². The molecule has 0 spiro atoms. The Balaban J connectivity index is 1.73. The van der Waals surface area contributed by atoms with Gasteiger partial charge in [-0.2, -0.15) is 0 Å². The summed E-state index contributed by atoms with van der Waals surface area (Å²) >= 11 is 0. The highest BCUT2D eigenvalue weighted by molar-refractivity contribution is 5.97. The fraction of sp³-hybridized carbons (Fsp3) is 0.294. The molecule has 1 aromatic carbocycles. The van der Waals surface area contributed by atoms with Crippen molar-refractivity contribution in [2.45, 2.75) is 12.5 Å². The number of benzene rings is 1. The highest BCUT2D eigenvalue weighted by Gasteiger charge is 2.35. The molecule has 1 aliphatic rings. The van der Waals surface area contributed by atoms with E-state index in [9.17, 15) is 19.4 Å². The molecule has 0 aliphatic carbocycles. The molecule has 5 nitrogen and oxygen atoms in total. The van der Waals surface area contributed by atoms with E-state index < -0.39 is 23.6 Å². The van der Waals surface area contributed by atoms with Gasteiger partial charge >= 0.3 is 0 Å². The van der Waals surface area contributed by atoms with Gasteiger partial charge in [0.2, 0.25) is 0 Å². The highest BCUT2D eigenvalue weighted by atomic mass is 19.1. The van der Waals surface area contributed by atoms with Gasteiger partial charge < -0.3 is 15.1 Å². The first kappa shape index (κ1) is 15.4. The number of amides is 1. The molecule has 1 aliphatic heterocycles. The van der Waals surface area contributed by atoms with Gasteiger partial charge in [0.05, 0.1) is 11.7 Å². The lowest BCUT2D eigenvalue weighted by atomic mass is 9.97. The van der Waals surface area contributed by atoms with E-state index in [4.69, 9.17) is 0 Å². The van der Waals surface area contributed by atoms with Crippen molar-refractivity contribution in [1.29, 1.82) is 0 Å². The first-order valence-electron chi connectivity index (χ1n) is 7.40. The van der Waals surface area contributed by atoms with Gasteiger partial charge in [-0.05, 0) is 36.2 Å². The molecule has 0 unspecified atom stereocenters. The number of likely N-dealkylation sites (tertiary alicyclic amines) is 1. The minimum atomic E-state index is -0.830. The van der Waals surface area contributed by atoms with Gasteiger partial charge in [-0.3, -0.25) is 9.78 Å². The third-order valence-corrected chi connectivity index (χ3v) is 4.16. The fourth-order valence-electron chi connectivity index (χ4n) is 2.90. The number of nitrogens with zero attached hydrogens (tertiary/aromatic N) is 2. The molecule has 1 saturated heterocycles. The molecule has 3 rings (SSSR count). The number of aliphatic hydroxyl groups excluding tert-OH is 1. The maximum absolute atomic E-state index is 13.4. The minimum absolute atomic E-state index is 0.0817. The molecule has 1 amide bonds. The van der Waals surface area contributed by atoms with E-state index in [0.29, 0.717) is 13.0 Å². The number of carbonyl (C=O) groups is 1. The third kappa shape index (κ3) is 3.17. The van der Waals surface area contributed by atoms with E-state index in [1.807, 2.05) is 12.1 Å². The van der Waals surface area contributed by atoms with Crippen molar-refractivity contribution in [3.63, 3.8) is 0 Å². The summed E-state index contributed by atoms with van der Waals surface area (Å²) in [5, 5.41) is 19.9. The molecule has 2 aromatic rings. The van der Waals surface area contributed by atoms with Crippen LogP contribution in [0.3, 0.4) is 0 Å². The fourth-order valence-corrected chi connectivity index (χ4v) is 2.90. The predicted molar refractivity (Wildman–Crippen MR) is 81.4 cm³/mol. The third-order valence-electron chi connectivity index (χ3n) is 4.16. The molecule has 6 heteroatoms. The summed E-state index contributed by atoms with van der Waals surface area (Å²) in [5.74, 6) is -2.05. The molecule has 1 aromatic heterocycles.